The predicted molar refractivity (Wildman–Crippen MR) is 258 cm³/mol. The van der Waals surface area contributed by atoms with Crippen LogP contribution in [-0.2, 0) is 85.0 Å². The van der Waals surface area contributed by atoms with E-state index in [2.05, 4.69) is 18.2 Å². The van der Waals surface area contributed by atoms with Crippen LogP contribution < -0.4 is 0 Å². The van der Waals surface area contributed by atoms with Gasteiger partial charge in [0.2, 0.25) is 12.0 Å². The summed E-state index contributed by atoms with van der Waals surface area (Å²) in [7, 11) is 13.0. The maximum absolute atomic E-state index is 6.99. The summed E-state index contributed by atoms with van der Waals surface area (Å²) < 4.78 is 72.5. The minimum atomic E-state index is -1.28. The van der Waals surface area contributed by atoms with Crippen molar-refractivity contribution >= 4 is 39.1 Å². The zero-order chi connectivity index (χ0) is 45.2. The Labute approximate surface area is 389 Å². The summed E-state index contributed by atoms with van der Waals surface area (Å²) in [6.45, 7) is 2.17. The lowest BCUT2D eigenvalue weighted by Gasteiger charge is -2.42. The van der Waals surface area contributed by atoms with Gasteiger partial charge in [-0.1, -0.05) is 158 Å². The van der Waals surface area contributed by atoms with Crippen molar-refractivity contribution in [1.29, 1.82) is 0 Å². The molecule has 0 aromatic heterocycles. The molecule has 0 spiro atoms. The minimum Gasteiger partial charge on any atom is -0.565 e. The van der Waals surface area contributed by atoms with Crippen LogP contribution in [0.4, 0.5) is 0 Å². The molecule has 5 aromatic rings. The smallest absolute Gasteiger partial charge is 0.318 e. The van der Waals surface area contributed by atoms with Crippen molar-refractivity contribution < 1.29 is 51.9 Å². The van der Waals surface area contributed by atoms with Crippen molar-refractivity contribution in [3.8, 4) is 0 Å². The third kappa shape index (κ3) is 14.5. The van der Waals surface area contributed by atoms with Gasteiger partial charge in [0, 0.05) is 7.11 Å². The molecule has 4 unspecified atom stereocenters. The molecule has 65 heavy (non-hydrogen) atoms. The third-order valence-corrected chi connectivity index (χ3v) is 10.6. The Morgan fingerprint density at radius 3 is 1.37 bits per heavy atom. The topological polar surface area (TPSA) is 102 Å². The van der Waals surface area contributed by atoms with Crippen LogP contribution in [0.3, 0.4) is 0 Å². The maximum Gasteiger partial charge on any atom is 0.318 e. The molecule has 0 aliphatic carbocycles. The summed E-state index contributed by atoms with van der Waals surface area (Å²) in [5.41, 5.74) is 4.81. The molecule has 0 fully saturated rings. The fourth-order valence-corrected chi connectivity index (χ4v) is 7.57. The average molecular weight is 914 g/mol. The van der Waals surface area contributed by atoms with Gasteiger partial charge in [0.15, 0.2) is 11.5 Å². The number of rotatable bonds is 24. The number of ether oxygens (including phenoxy) is 9. The summed E-state index contributed by atoms with van der Waals surface area (Å²) in [4.78, 5) is 0. The van der Waals surface area contributed by atoms with Gasteiger partial charge < -0.3 is 51.9 Å². The molecule has 7 rings (SSSR count). The van der Waals surface area contributed by atoms with Crippen LogP contribution in [0, 0.1) is 0 Å². The van der Waals surface area contributed by atoms with E-state index in [0.717, 1.165) is 27.8 Å². The average Bonchev–Trinajstić information content (AvgIpc) is 3.33. The van der Waals surface area contributed by atoms with E-state index in [9.17, 15) is 0 Å². The zero-order valence-corrected chi connectivity index (χ0v) is 39.0. The summed E-state index contributed by atoms with van der Waals surface area (Å²) in [5.74, 6) is 0.982. The molecule has 5 aromatic carbocycles. The molecular formula is C49H55B3O11P2. The normalized spacial score (nSPS) is 20.9. The van der Waals surface area contributed by atoms with Crippen LogP contribution in [0.2, 0.25) is 6.82 Å². The standard InChI is InChI=1S/C49H55B3O11P2/c1-51(64)62-43-41(34-55-29-36-20-10-4-11-21-36)59-48(53-2)47(45(43)63-52(50)65)61-49-46(58-32-39-26-16-7-17-27-39)44(57-31-38-24-14-6-15-25-38)42(56-30-37-22-12-5-13-23-37)40(60-49)33-54-28-35-18-8-3-9-19-35/h3-27,40-43,48-49H,28-34,64-65H2,1-2H3/t40?,41?,42-,43-,48-,49-/m1/s1. The molecule has 0 saturated carbocycles. The molecule has 0 bridgehead atoms. The minimum absolute atomic E-state index is 0.0958. The summed E-state index contributed by atoms with van der Waals surface area (Å²) in [6, 6.07) is 49.4. The number of hydrogen-bond acceptors (Lipinski definition) is 11. The first-order valence-electron chi connectivity index (χ1n) is 21.6. The van der Waals surface area contributed by atoms with Crippen LogP contribution in [0.1, 0.15) is 27.8 Å². The van der Waals surface area contributed by atoms with E-state index in [1.807, 2.05) is 158 Å². The first-order valence-corrected chi connectivity index (χ1v) is 23.0. The number of hydrogen-bond donors (Lipinski definition) is 0. The van der Waals surface area contributed by atoms with Gasteiger partial charge in [-0.25, -0.2) is 0 Å². The van der Waals surface area contributed by atoms with Crippen molar-refractivity contribution in [3.05, 3.63) is 203 Å². The van der Waals surface area contributed by atoms with Crippen LogP contribution in [0.15, 0.2) is 175 Å². The molecule has 336 valence electrons. The highest BCUT2D eigenvalue weighted by atomic mass is 31.0. The SMILES string of the molecule is [B]B(P)OC1=C(O[C@H]2OC(COCc3ccccc3)[C@@H](OCc3ccccc3)C(OCc3ccccc3)=C2OCc2ccccc2)[C@H](OC)OC(COCc2ccccc2)[C@H]1OB(C)P. The molecule has 0 N–H and O–H groups in total. The first kappa shape index (κ1) is 48.5. The summed E-state index contributed by atoms with van der Waals surface area (Å²) in [5, 5.41) is 0. The van der Waals surface area contributed by atoms with Crippen molar-refractivity contribution in [2.45, 2.75) is 76.9 Å². The monoisotopic (exact) mass is 914 g/mol. The van der Waals surface area contributed by atoms with Gasteiger partial charge in [0.05, 0.1) is 40.8 Å². The van der Waals surface area contributed by atoms with E-state index in [4.69, 9.17) is 59.7 Å². The van der Waals surface area contributed by atoms with Crippen LogP contribution >= 0.6 is 18.2 Å². The number of methoxy groups -OCH3 is 1. The van der Waals surface area contributed by atoms with E-state index in [0.29, 0.717) is 19.0 Å². The third-order valence-electron chi connectivity index (χ3n) is 10.3. The predicted octanol–water partition coefficient (Wildman–Crippen LogP) is 8.40. The van der Waals surface area contributed by atoms with Gasteiger partial charge in [-0.3, -0.25) is 0 Å². The van der Waals surface area contributed by atoms with Gasteiger partial charge >= 0.3 is 13.2 Å². The van der Waals surface area contributed by atoms with E-state index >= 15 is 0 Å². The lowest BCUT2D eigenvalue weighted by atomic mass is 9.69. The Kier molecular flexibility index (Phi) is 19.0. The maximum atomic E-state index is 6.99. The lowest BCUT2D eigenvalue weighted by molar-refractivity contribution is -0.252. The van der Waals surface area contributed by atoms with Crippen LogP contribution in [-0.4, -0.2) is 78.2 Å². The highest BCUT2D eigenvalue weighted by molar-refractivity contribution is 7.70. The molecule has 16 heteroatoms. The zero-order valence-electron chi connectivity index (χ0n) is 36.7. The highest BCUT2D eigenvalue weighted by Gasteiger charge is 2.48. The summed E-state index contributed by atoms with van der Waals surface area (Å²) >= 11 is 0. The molecule has 2 aliphatic rings. The van der Waals surface area contributed by atoms with E-state index in [1.165, 1.54) is 7.11 Å². The largest absolute Gasteiger partial charge is 0.565 e. The van der Waals surface area contributed by atoms with Gasteiger partial charge in [-0.15, -0.1) is 18.2 Å². The Morgan fingerprint density at radius 1 is 0.508 bits per heavy atom. The highest BCUT2D eigenvalue weighted by Crippen LogP contribution is 2.39. The van der Waals surface area contributed by atoms with Crippen molar-refractivity contribution in [3.63, 3.8) is 0 Å². The summed E-state index contributed by atoms with van der Waals surface area (Å²) in [6.07, 6.45) is -5.54. The van der Waals surface area contributed by atoms with Gasteiger partial charge in [-0.2, -0.15) is 0 Å². The van der Waals surface area contributed by atoms with Crippen molar-refractivity contribution in [2.75, 3.05) is 20.3 Å². The molecule has 11 nitrogen and oxygen atoms in total. The second-order valence-electron chi connectivity index (χ2n) is 15.4. The Hall–Kier alpha value is -4.45. The quantitative estimate of drug-likeness (QED) is 0.0441. The van der Waals surface area contributed by atoms with Crippen molar-refractivity contribution in [1.82, 2.24) is 0 Å². The second kappa shape index (κ2) is 25.5. The Balaban J connectivity index is 1.30. The fourth-order valence-electron chi connectivity index (χ4n) is 7.25. The van der Waals surface area contributed by atoms with Crippen LogP contribution in [0.25, 0.3) is 0 Å². The second-order valence-corrected chi connectivity index (χ2v) is 17.0. The molecule has 2 heterocycles. The molecule has 0 amide bonds. The molecular weight excluding hydrogens is 859 g/mol. The number of benzene rings is 5. The van der Waals surface area contributed by atoms with Gasteiger partial charge in [0.25, 0.3) is 6.29 Å². The fraction of sp³-hybridized carbons (Fsp3) is 0.306. The van der Waals surface area contributed by atoms with Crippen LogP contribution in [0.5, 0.6) is 0 Å². The Bertz CT molecular complexity index is 2210. The van der Waals surface area contributed by atoms with E-state index in [1.54, 1.807) is 0 Å². The van der Waals surface area contributed by atoms with Crippen molar-refractivity contribution in [2.24, 2.45) is 0 Å². The molecule has 8 atom stereocenters. The molecule has 2 aliphatic heterocycles. The first-order chi connectivity index (χ1) is 31.8. The van der Waals surface area contributed by atoms with Gasteiger partial charge in [-0.05, 0) is 27.8 Å². The molecule has 2 radical (unpaired) electrons. The van der Waals surface area contributed by atoms with Gasteiger partial charge in [0.1, 0.15) is 43.4 Å². The van der Waals surface area contributed by atoms with E-state index < -0.39 is 43.5 Å². The lowest BCUT2D eigenvalue weighted by Crippen LogP contribution is -2.51. The van der Waals surface area contributed by atoms with E-state index in [-0.39, 0.29) is 56.9 Å². The Morgan fingerprint density at radius 2 is 0.923 bits per heavy atom. The molecule has 0 saturated heterocycles.